The third kappa shape index (κ3) is 3.61. The predicted molar refractivity (Wildman–Crippen MR) is 51.1 cm³/mol. The molecular formula is C6H14NO3PS. The van der Waals surface area contributed by atoms with E-state index in [2.05, 4.69) is 5.09 Å². The third-order valence-electron chi connectivity index (χ3n) is 1.25. The van der Waals surface area contributed by atoms with Crippen molar-refractivity contribution in [2.24, 2.45) is 5.92 Å². The summed E-state index contributed by atoms with van der Waals surface area (Å²) in [6.07, 6.45) is 1.63. The summed E-state index contributed by atoms with van der Waals surface area (Å²) in [5.41, 5.74) is 0. The Morgan fingerprint density at radius 1 is 1.58 bits per heavy atom. The first-order valence-electron chi connectivity index (χ1n) is 3.49. The smallest absolute Gasteiger partial charge is 0.309 e. The molecular weight excluding hydrogens is 197 g/mol. The predicted octanol–water partition coefficient (Wildman–Crippen LogP) is 1.88. The van der Waals surface area contributed by atoms with E-state index in [9.17, 15) is 9.36 Å². The maximum atomic E-state index is 11.5. The van der Waals surface area contributed by atoms with Crippen molar-refractivity contribution in [1.29, 1.82) is 0 Å². The summed E-state index contributed by atoms with van der Waals surface area (Å²) >= 11 is 1.02. The summed E-state index contributed by atoms with van der Waals surface area (Å²) < 4.78 is 16.2. The van der Waals surface area contributed by atoms with E-state index >= 15 is 0 Å². The van der Waals surface area contributed by atoms with E-state index < -0.39 is 6.72 Å². The highest BCUT2D eigenvalue weighted by Crippen LogP contribution is 2.53. The van der Waals surface area contributed by atoms with Gasteiger partial charge in [0.25, 0.3) is 0 Å². The Balaban J connectivity index is 4.23. The number of carbonyl (C=O) groups is 1. The highest BCUT2D eigenvalue weighted by molar-refractivity contribution is 8.55. The summed E-state index contributed by atoms with van der Waals surface area (Å²) in [6.45, 7) is 0.490. The van der Waals surface area contributed by atoms with Gasteiger partial charge in [0.05, 0.1) is 0 Å². The lowest BCUT2D eigenvalue weighted by molar-refractivity contribution is -0.122. The van der Waals surface area contributed by atoms with Gasteiger partial charge in [0, 0.05) is 13.0 Å². The quantitative estimate of drug-likeness (QED) is 0.721. The van der Waals surface area contributed by atoms with E-state index in [1.807, 2.05) is 0 Å². The molecule has 0 saturated heterocycles. The zero-order valence-corrected chi connectivity index (χ0v) is 9.37. The van der Waals surface area contributed by atoms with E-state index in [4.69, 9.17) is 4.52 Å². The first-order chi connectivity index (χ1) is 5.45. The zero-order chi connectivity index (χ0) is 9.78. The van der Waals surface area contributed by atoms with Crippen LogP contribution in [0.2, 0.25) is 0 Å². The van der Waals surface area contributed by atoms with E-state index in [1.54, 1.807) is 20.1 Å². The first kappa shape index (κ1) is 12.0. The molecule has 0 aromatic heterocycles. The molecule has 0 radical (unpaired) electrons. The summed E-state index contributed by atoms with van der Waals surface area (Å²) in [7, 11) is 1.32. The average molecular weight is 211 g/mol. The third-order valence-corrected chi connectivity index (χ3v) is 4.87. The Labute approximate surface area is 76.7 Å². The van der Waals surface area contributed by atoms with Crippen LogP contribution in [-0.2, 0) is 13.9 Å². The van der Waals surface area contributed by atoms with E-state index in [0.717, 1.165) is 11.4 Å². The molecule has 0 saturated carbocycles. The van der Waals surface area contributed by atoms with Gasteiger partial charge in [-0.05, 0) is 6.26 Å². The fourth-order valence-corrected chi connectivity index (χ4v) is 2.28. The van der Waals surface area contributed by atoms with Crippen LogP contribution in [0.3, 0.4) is 0 Å². The van der Waals surface area contributed by atoms with Gasteiger partial charge in [-0.1, -0.05) is 25.2 Å². The normalized spacial score (nSPS) is 15.8. The molecule has 0 spiro atoms. The lowest BCUT2D eigenvalue weighted by Crippen LogP contribution is -2.24. The van der Waals surface area contributed by atoms with E-state index in [-0.39, 0.29) is 11.8 Å². The summed E-state index contributed by atoms with van der Waals surface area (Å²) in [5, 5.41) is 2.35. The van der Waals surface area contributed by atoms with Crippen LogP contribution >= 0.6 is 18.1 Å². The van der Waals surface area contributed by atoms with Crippen LogP contribution < -0.4 is 5.09 Å². The van der Waals surface area contributed by atoms with Gasteiger partial charge in [0.2, 0.25) is 5.91 Å². The van der Waals surface area contributed by atoms with Crippen molar-refractivity contribution in [3.63, 3.8) is 0 Å². The summed E-state index contributed by atoms with van der Waals surface area (Å²) in [4.78, 5) is 11.1. The second-order valence-electron chi connectivity index (χ2n) is 2.49. The molecule has 0 rings (SSSR count). The molecule has 6 heteroatoms. The second kappa shape index (κ2) is 4.90. The van der Waals surface area contributed by atoms with Gasteiger partial charge in [0.1, 0.15) is 0 Å². The molecule has 0 heterocycles. The van der Waals surface area contributed by atoms with Gasteiger partial charge in [-0.15, -0.1) is 0 Å². The van der Waals surface area contributed by atoms with Crippen LogP contribution in [0, 0.1) is 5.92 Å². The van der Waals surface area contributed by atoms with Gasteiger partial charge < -0.3 is 4.52 Å². The van der Waals surface area contributed by atoms with Crippen LogP contribution in [-0.4, -0.2) is 19.3 Å². The molecule has 0 bridgehead atoms. The van der Waals surface area contributed by atoms with Gasteiger partial charge in [0.15, 0.2) is 0 Å². The molecule has 12 heavy (non-hydrogen) atoms. The minimum atomic E-state index is -2.97. The molecule has 1 N–H and O–H groups in total. The molecule has 1 atom stereocenters. The van der Waals surface area contributed by atoms with Crippen molar-refractivity contribution in [2.45, 2.75) is 13.8 Å². The van der Waals surface area contributed by atoms with Crippen LogP contribution in [0.4, 0.5) is 0 Å². The molecule has 72 valence electrons. The van der Waals surface area contributed by atoms with E-state index in [0.29, 0.717) is 0 Å². The molecule has 0 aromatic rings. The Morgan fingerprint density at radius 3 is 2.33 bits per heavy atom. The SMILES string of the molecule is COP(=O)(NC(=O)C(C)C)SC. The second-order valence-corrected chi connectivity index (χ2v) is 6.98. The maximum absolute atomic E-state index is 11.5. The number of nitrogens with one attached hydrogen (secondary N) is 1. The van der Waals surface area contributed by atoms with E-state index in [1.165, 1.54) is 7.11 Å². The van der Waals surface area contributed by atoms with Crippen LogP contribution in [0.1, 0.15) is 13.8 Å². The molecule has 0 aromatic carbocycles. The molecule has 4 nitrogen and oxygen atoms in total. The highest BCUT2D eigenvalue weighted by Gasteiger charge is 2.23. The Hall–Kier alpha value is 0.01000. The lowest BCUT2D eigenvalue weighted by atomic mass is 10.2. The molecule has 0 aliphatic heterocycles. The van der Waals surface area contributed by atoms with Crippen molar-refractivity contribution >= 4 is 24.0 Å². The van der Waals surface area contributed by atoms with Crippen molar-refractivity contribution < 1.29 is 13.9 Å². The minimum absolute atomic E-state index is 0.180. The molecule has 1 unspecified atom stereocenters. The number of hydrogen-bond donors (Lipinski definition) is 1. The fraction of sp³-hybridized carbons (Fsp3) is 0.833. The Morgan fingerprint density at radius 2 is 2.08 bits per heavy atom. The van der Waals surface area contributed by atoms with Crippen molar-refractivity contribution in [1.82, 2.24) is 5.09 Å². The zero-order valence-electron chi connectivity index (χ0n) is 7.66. The number of amides is 1. The first-order valence-corrected chi connectivity index (χ1v) is 6.94. The number of carbonyl (C=O) groups excluding carboxylic acids is 1. The Bertz CT molecular complexity index is 199. The standard InChI is InChI=1S/C6H14NO3PS/c1-5(2)6(8)7-11(9,10-3)12-4/h5H,1-4H3,(H,7,8,9). The minimum Gasteiger partial charge on any atom is -0.309 e. The Kier molecular flexibility index (Phi) is 4.90. The van der Waals surface area contributed by atoms with Gasteiger partial charge in [-0.3, -0.25) is 14.4 Å². The van der Waals surface area contributed by atoms with Crippen LogP contribution in [0.25, 0.3) is 0 Å². The van der Waals surface area contributed by atoms with Crippen molar-refractivity contribution in [3.8, 4) is 0 Å². The largest absolute Gasteiger partial charge is 0.352 e. The topological polar surface area (TPSA) is 55.4 Å². The summed E-state index contributed by atoms with van der Waals surface area (Å²) in [6, 6.07) is 0. The maximum Gasteiger partial charge on any atom is 0.352 e. The lowest BCUT2D eigenvalue weighted by Gasteiger charge is -2.15. The van der Waals surface area contributed by atoms with Crippen molar-refractivity contribution in [2.75, 3.05) is 13.4 Å². The summed E-state index contributed by atoms with van der Waals surface area (Å²) in [5.74, 6) is -0.435. The molecule has 0 aliphatic rings. The number of hydrogen-bond acceptors (Lipinski definition) is 4. The highest BCUT2D eigenvalue weighted by atomic mass is 32.7. The molecule has 0 fully saturated rings. The monoisotopic (exact) mass is 211 g/mol. The number of rotatable bonds is 4. The van der Waals surface area contributed by atoms with Gasteiger partial charge in [-0.2, -0.15) is 0 Å². The van der Waals surface area contributed by atoms with Crippen LogP contribution in [0.15, 0.2) is 0 Å². The molecule has 0 aliphatic carbocycles. The van der Waals surface area contributed by atoms with Gasteiger partial charge >= 0.3 is 6.72 Å². The van der Waals surface area contributed by atoms with Crippen LogP contribution in [0.5, 0.6) is 0 Å². The van der Waals surface area contributed by atoms with Crippen molar-refractivity contribution in [3.05, 3.63) is 0 Å². The van der Waals surface area contributed by atoms with Gasteiger partial charge in [-0.25, -0.2) is 0 Å². The fourth-order valence-electron chi connectivity index (χ4n) is 0.430. The molecule has 1 amide bonds. The average Bonchev–Trinajstić information content (AvgIpc) is 2.04.